The maximum absolute atomic E-state index is 5.90. The Morgan fingerprint density at radius 3 is 1.28 bits per heavy atom. The Hall–Kier alpha value is -2.04. The Morgan fingerprint density at radius 1 is 0.531 bits per heavy atom. The van der Waals surface area contributed by atoms with Crippen molar-refractivity contribution in [1.29, 1.82) is 0 Å². The van der Waals surface area contributed by atoms with Gasteiger partial charge in [0.05, 0.1) is 38.6 Å². The molecule has 2 heterocycles. The quantitative estimate of drug-likeness (QED) is 0.201. The monoisotopic (exact) mass is 438 g/mol. The van der Waals surface area contributed by atoms with Crippen LogP contribution in [0.3, 0.4) is 0 Å². The standard InChI is InChI=1S/C28H38O4/c1(5-9-27-21-31-27)3-7-19-29-25-15-11-23(12-16-25)24-13-17-26(18-14-24)30-20-8-4-2-6-10-28-22-32-28/h11-18,27-28H,1-10,19-22H2. The van der Waals surface area contributed by atoms with Crippen LogP contribution >= 0.6 is 0 Å². The van der Waals surface area contributed by atoms with Crippen molar-refractivity contribution in [2.45, 2.75) is 76.4 Å². The second-order valence-corrected chi connectivity index (χ2v) is 9.06. The van der Waals surface area contributed by atoms with E-state index in [1.165, 1.54) is 62.5 Å². The average Bonchev–Trinajstić information content (AvgIpc) is 3.74. The molecule has 0 spiro atoms. The summed E-state index contributed by atoms with van der Waals surface area (Å²) in [6.07, 6.45) is 13.4. The molecule has 4 nitrogen and oxygen atoms in total. The van der Waals surface area contributed by atoms with Gasteiger partial charge in [-0.2, -0.15) is 0 Å². The molecule has 174 valence electrons. The van der Waals surface area contributed by atoms with Crippen LogP contribution in [-0.4, -0.2) is 38.6 Å². The molecule has 2 atom stereocenters. The van der Waals surface area contributed by atoms with Gasteiger partial charge in [0.2, 0.25) is 0 Å². The molecule has 2 unspecified atom stereocenters. The van der Waals surface area contributed by atoms with E-state index in [0.717, 1.165) is 50.8 Å². The van der Waals surface area contributed by atoms with Crippen LogP contribution < -0.4 is 9.47 Å². The smallest absolute Gasteiger partial charge is 0.119 e. The lowest BCUT2D eigenvalue weighted by atomic mass is 10.1. The highest BCUT2D eigenvalue weighted by atomic mass is 16.6. The minimum Gasteiger partial charge on any atom is -0.494 e. The third-order valence-electron chi connectivity index (χ3n) is 6.23. The van der Waals surface area contributed by atoms with Gasteiger partial charge in [0.15, 0.2) is 0 Å². The van der Waals surface area contributed by atoms with Crippen LogP contribution in [0.5, 0.6) is 11.5 Å². The van der Waals surface area contributed by atoms with Crippen LogP contribution in [0.2, 0.25) is 0 Å². The van der Waals surface area contributed by atoms with Gasteiger partial charge in [0.25, 0.3) is 0 Å². The van der Waals surface area contributed by atoms with Crippen molar-refractivity contribution in [2.75, 3.05) is 26.4 Å². The van der Waals surface area contributed by atoms with E-state index in [1.54, 1.807) is 0 Å². The number of epoxide rings is 2. The Labute approximate surface area is 193 Å². The number of ether oxygens (including phenoxy) is 4. The third kappa shape index (κ3) is 8.84. The topological polar surface area (TPSA) is 43.5 Å². The molecule has 0 amide bonds. The molecule has 0 N–H and O–H groups in total. The van der Waals surface area contributed by atoms with Gasteiger partial charge >= 0.3 is 0 Å². The van der Waals surface area contributed by atoms with Gasteiger partial charge in [0.1, 0.15) is 11.5 Å². The van der Waals surface area contributed by atoms with Gasteiger partial charge in [-0.25, -0.2) is 0 Å². The minimum absolute atomic E-state index is 0.570. The van der Waals surface area contributed by atoms with Gasteiger partial charge in [-0.1, -0.05) is 62.8 Å². The van der Waals surface area contributed by atoms with Crippen LogP contribution in [0.4, 0.5) is 0 Å². The lowest BCUT2D eigenvalue weighted by Crippen LogP contribution is -1.98. The summed E-state index contributed by atoms with van der Waals surface area (Å²) in [5, 5.41) is 0. The first-order valence-electron chi connectivity index (χ1n) is 12.6. The lowest BCUT2D eigenvalue weighted by molar-refractivity contribution is 0.303. The summed E-state index contributed by atoms with van der Waals surface area (Å²) in [5.41, 5.74) is 2.40. The van der Waals surface area contributed by atoms with Crippen molar-refractivity contribution in [1.82, 2.24) is 0 Å². The first-order valence-corrected chi connectivity index (χ1v) is 12.6. The average molecular weight is 439 g/mol. The highest BCUT2D eigenvalue weighted by Crippen LogP contribution is 2.25. The molecule has 0 saturated carbocycles. The molecule has 2 fully saturated rings. The highest BCUT2D eigenvalue weighted by molar-refractivity contribution is 5.64. The minimum atomic E-state index is 0.570. The Balaban J connectivity index is 1.07. The summed E-state index contributed by atoms with van der Waals surface area (Å²) >= 11 is 0. The summed E-state index contributed by atoms with van der Waals surface area (Å²) in [7, 11) is 0. The fraction of sp³-hybridized carbons (Fsp3) is 0.571. The van der Waals surface area contributed by atoms with Crippen molar-refractivity contribution < 1.29 is 18.9 Å². The number of benzene rings is 2. The second-order valence-electron chi connectivity index (χ2n) is 9.06. The van der Waals surface area contributed by atoms with Crippen molar-refractivity contribution in [2.24, 2.45) is 0 Å². The van der Waals surface area contributed by atoms with Gasteiger partial charge in [-0.15, -0.1) is 0 Å². The molecule has 2 aliphatic heterocycles. The van der Waals surface area contributed by atoms with E-state index >= 15 is 0 Å². The summed E-state index contributed by atoms with van der Waals surface area (Å²) < 4.78 is 22.3. The largest absolute Gasteiger partial charge is 0.494 e. The van der Waals surface area contributed by atoms with E-state index in [9.17, 15) is 0 Å². The summed E-state index contributed by atoms with van der Waals surface area (Å²) in [6.45, 7) is 3.54. The Bertz CT molecular complexity index is 696. The van der Waals surface area contributed by atoms with Crippen LogP contribution in [0.15, 0.2) is 48.5 Å². The normalized spacial score (nSPS) is 19.0. The summed E-state index contributed by atoms with van der Waals surface area (Å²) in [4.78, 5) is 0. The lowest BCUT2D eigenvalue weighted by Gasteiger charge is -2.09. The van der Waals surface area contributed by atoms with Crippen LogP contribution in [0.25, 0.3) is 11.1 Å². The maximum atomic E-state index is 5.90. The van der Waals surface area contributed by atoms with E-state index in [1.807, 2.05) is 0 Å². The van der Waals surface area contributed by atoms with E-state index in [-0.39, 0.29) is 0 Å². The zero-order chi connectivity index (χ0) is 21.8. The zero-order valence-electron chi connectivity index (χ0n) is 19.3. The molecule has 2 aromatic rings. The van der Waals surface area contributed by atoms with E-state index < -0.39 is 0 Å². The zero-order valence-corrected chi connectivity index (χ0v) is 19.3. The molecule has 0 bridgehead atoms. The van der Waals surface area contributed by atoms with Crippen molar-refractivity contribution >= 4 is 0 Å². The first kappa shape index (κ1) is 23.1. The number of unbranched alkanes of at least 4 members (excludes halogenated alkanes) is 6. The molecule has 0 aromatic heterocycles. The number of hydrogen-bond acceptors (Lipinski definition) is 4. The van der Waals surface area contributed by atoms with Crippen molar-refractivity contribution in [3.8, 4) is 22.6 Å². The predicted molar refractivity (Wildman–Crippen MR) is 129 cm³/mol. The van der Waals surface area contributed by atoms with Gasteiger partial charge in [0, 0.05) is 0 Å². The molecular weight excluding hydrogens is 400 g/mol. The molecule has 2 aromatic carbocycles. The second kappa shape index (κ2) is 12.9. The van der Waals surface area contributed by atoms with Gasteiger partial charge in [-0.05, 0) is 61.1 Å². The first-order chi connectivity index (χ1) is 15.9. The van der Waals surface area contributed by atoms with Crippen molar-refractivity contribution in [3.63, 3.8) is 0 Å². The van der Waals surface area contributed by atoms with Crippen molar-refractivity contribution in [3.05, 3.63) is 48.5 Å². The SMILES string of the molecule is c1cc(-c2ccc(OCCCCCCC3CO3)cc2)ccc1OCCCCCCC1CO1. The maximum Gasteiger partial charge on any atom is 0.119 e. The van der Waals surface area contributed by atoms with Gasteiger partial charge < -0.3 is 18.9 Å². The van der Waals surface area contributed by atoms with E-state index in [4.69, 9.17) is 18.9 Å². The Morgan fingerprint density at radius 2 is 0.906 bits per heavy atom. The fourth-order valence-corrected chi connectivity index (χ4v) is 3.99. The number of rotatable bonds is 17. The molecule has 4 rings (SSSR count). The van der Waals surface area contributed by atoms with Crippen LogP contribution in [0, 0.1) is 0 Å². The van der Waals surface area contributed by atoms with Crippen LogP contribution in [-0.2, 0) is 9.47 Å². The van der Waals surface area contributed by atoms with Gasteiger partial charge in [-0.3, -0.25) is 0 Å². The third-order valence-corrected chi connectivity index (χ3v) is 6.23. The summed E-state index contributed by atoms with van der Waals surface area (Å²) in [6, 6.07) is 16.8. The molecule has 2 aliphatic rings. The van der Waals surface area contributed by atoms with E-state index in [2.05, 4.69) is 48.5 Å². The molecular formula is C28H38O4. The molecule has 2 saturated heterocycles. The summed E-state index contributed by atoms with van der Waals surface area (Å²) in [5.74, 6) is 1.90. The molecule has 32 heavy (non-hydrogen) atoms. The predicted octanol–water partition coefficient (Wildman–Crippen LogP) is 6.81. The highest BCUT2D eigenvalue weighted by Gasteiger charge is 2.21. The van der Waals surface area contributed by atoms with E-state index in [0.29, 0.717) is 12.2 Å². The molecule has 0 radical (unpaired) electrons. The molecule has 0 aliphatic carbocycles. The molecule has 4 heteroatoms. The Kier molecular flexibility index (Phi) is 9.29. The number of hydrogen-bond donors (Lipinski definition) is 0. The van der Waals surface area contributed by atoms with Crippen LogP contribution in [0.1, 0.15) is 64.2 Å². The fourth-order valence-electron chi connectivity index (χ4n) is 3.99.